The van der Waals surface area contributed by atoms with E-state index in [9.17, 15) is 8.78 Å². The van der Waals surface area contributed by atoms with Crippen LogP contribution in [0.2, 0.25) is 0 Å². The first-order valence-electron chi connectivity index (χ1n) is 11.4. The van der Waals surface area contributed by atoms with E-state index in [1.54, 1.807) is 13.2 Å². The minimum Gasteiger partial charge on any atom is -0.481 e. The molecule has 3 N–H and O–H groups in total. The normalized spacial score (nSPS) is 19.8. The van der Waals surface area contributed by atoms with Crippen molar-refractivity contribution in [2.75, 3.05) is 13.7 Å². The zero-order valence-electron chi connectivity index (χ0n) is 18.8. The molecule has 2 heterocycles. The maximum Gasteiger partial charge on any atom is 0.213 e. The van der Waals surface area contributed by atoms with Crippen LogP contribution in [0.3, 0.4) is 0 Å². The molecule has 0 unspecified atom stereocenters. The van der Waals surface area contributed by atoms with Gasteiger partial charge in [0.1, 0.15) is 11.6 Å². The number of benzene rings is 1. The van der Waals surface area contributed by atoms with Crippen LogP contribution >= 0.6 is 0 Å². The zero-order valence-corrected chi connectivity index (χ0v) is 18.8. The van der Waals surface area contributed by atoms with Gasteiger partial charge in [-0.15, -0.1) is 0 Å². The van der Waals surface area contributed by atoms with Gasteiger partial charge in [-0.3, -0.25) is 4.98 Å². The second kappa shape index (κ2) is 10.8. The Kier molecular flexibility index (Phi) is 7.62. The van der Waals surface area contributed by atoms with Gasteiger partial charge in [0.2, 0.25) is 5.88 Å². The van der Waals surface area contributed by atoms with Crippen LogP contribution in [0.5, 0.6) is 5.88 Å². The van der Waals surface area contributed by atoms with Gasteiger partial charge in [-0.1, -0.05) is 12.2 Å². The summed E-state index contributed by atoms with van der Waals surface area (Å²) in [7, 11) is 1.61. The molecule has 1 aliphatic carbocycles. The molecule has 0 radical (unpaired) electrons. The summed E-state index contributed by atoms with van der Waals surface area (Å²) >= 11 is 0. The molecule has 1 saturated carbocycles. The van der Waals surface area contributed by atoms with E-state index in [0.717, 1.165) is 60.8 Å². The number of nitrogens with two attached hydrogens (primary N) is 1. The Morgan fingerprint density at radius 3 is 2.76 bits per heavy atom. The Morgan fingerprint density at radius 1 is 1.15 bits per heavy atom. The van der Waals surface area contributed by atoms with E-state index in [1.807, 2.05) is 30.5 Å². The van der Waals surface area contributed by atoms with Crippen LogP contribution in [0, 0.1) is 17.6 Å². The molecule has 33 heavy (non-hydrogen) atoms. The van der Waals surface area contributed by atoms with Crippen molar-refractivity contribution in [3.8, 4) is 5.88 Å². The first-order valence-corrected chi connectivity index (χ1v) is 11.4. The van der Waals surface area contributed by atoms with Crippen molar-refractivity contribution in [2.45, 2.75) is 44.2 Å². The lowest BCUT2D eigenvalue weighted by Gasteiger charge is -2.32. The number of pyridine rings is 2. The summed E-state index contributed by atoms with van der Waals surface area (Å²) in [6, 6.07) is 9.67. The predicted octanol–water partition coefficient (Wildman–Crippen LogP) is 4.65. The van der Waals surface area contributed by atoms with E-state index in [2.05, 4.69) is 15.3 Å². The quantitative estimate of drug-likeness (QED) is 0.521. The van der Waals surface area contributed by atoms with E-state index in [-0.39, 0.29) is 11.6 Å². The second-order valence-corrected chi connectivity index (χ2v) is 8.65. The van der Waals surface area contributed by atoms with Crippen molar-refractivity contribution >= 4 is 17.1 Å². The third-order valence-electron chi connectivity index (χ3n) is 6.46. The average molecular weight is 453 g/mol. The summed E-state index contributed by atoms with van der Waals surface area (Å²) in [5.41, 5.74) is 9.69. The standard InChI is InChI=1S/C26H30F2N4O/c1-33-25-11-10-24-26(32-25)19(12-14-31-24)16-23(29)17-4-7-21(8-5-17)30-13-2-3-18-15-20(27)6-9-22(18)28/h2-3,6,9-12,14-15,17,21,23,30H,4-5,7-8,13,16,29H2,1H3/b3-2+/t17?,21?,23-/m1/s1. The van der Waals surface area contributed by atoms with Gasteiger partial charge in [0.05, 0.1) is 18.1 Å². The van der Waals surface area contributed by atoms with E-state index in [1.165, 1.54) is 6.07 Å². The lowest BCUT2D eigenvalue weighted by molar-refractivity contribution is 0.261. The Hall–Kier alpha value is -2.90. The first kappa shape index (κ1) is 23.3. The van der Waals surface area contributed by atoms with Gasteiger partial charge in [0.25, 0.3) is 0 Å². The smallest absolute Gasteiger partial charge is 0.213 e. The van der Waals surface area contributed by atoms with Crippen LogP contribution in [-0.2, 0) is 6.42 Å². The van der Waals surface area contributed by atoms with Crippen molar-refractivity contribution in [3.63, 3.8) is 0 Å². The minimum absolute atomic E-state index is 0.0559. The molecule has 0 amide bonds. The van der Waals surface area contributed by atoms with Gasteiger partial charge >= 0.3 is 0 Å². The largest absolute Gasteiger partial charge is 0.481 e. The number of nitrogens with zero attached hydrogens (tertiary/aromatic N) is 2. The zero-order chi connectivity index (χ0) is 23.2. The number of fused-ring (bicyclic) bond motifs is 1. The number of rotatable bonds is 8. The maximum atomic E-state index is 13.7. The SMILES string of the molecule is COc1ccc2nccc(C[C@@H](N)C3CCC(NC/C=C/c4cc(F)ccc4F)CC3)c2n1. The molecule has 1 aromatic carbocycles. The summed E-state index contributed by atoms with van der Waals surface area (Å²) in [6.45, 7) is 0.619. The fourth-order valence-electron chi connectivity index (χ4n) is 4.57. The van der Waals surface area contributed by atoms with Crippen molar-refractivity contribution in [1.29, 1.82) is 0 Å². The summed E-state index contributed by atoms with van der Waals surface area (Å²) in [5.74, 6) is 0.172. The summed E-state index contributed by atoms with van der Waals surface area (Å²) in [6.07, 6.45) is 10.2. The number of nitrogens with one attached hydrogen (secondary N) is 1. The second-order valence-electron chi connectivity index (χ2n) is 8.65. The fourth-order valence-corrected chi connectivity index (χ4v) is 4.57. The lowest BCUT2D eigenvalue weighted by atomic mass is 9.80. The molecule has 174 valence electrons. The summed E-state index contributed by atoms with van der Waals surface area (Å²) in [5, 5.41) is 3.50. The van der Waals surface area contributed by atoms with Gasteiger partial charge in [-0.2, -0.15) is 0 Å². The van der Waals surface area contributed by atoms with Crippen LogP contribution in [-0.4, -0.2) is 35.7 Å². The highest BCUT2D eigenvalue weighted by molar-refractivity contribution is 5.78. The molecule has 0 aliphatic heterocycles. The molecule has 7 heteroatoms. The van der Waals surface area contributed by atoms with Gasteiger partial charge in [0.15, 0.2) is 0 Å². The average Bonchev–Trinajstić information content (AvgIpc) is 2.84. The molecule has 1 fully saturated rings. The van der Waals surface area contributed by atoms with E-state index in [4.69, 9.17) is 10.5 Å². The van der Waals surface area contributed by atoms with Crippen LogP contribution in [0.15, 0.2) is 48.7 Å². The molecule has 1 aliphatic rings. The van der Waals surface area contributed by atoms with Crippen LogP contribution in [0.1, 0.15) is 36.8 Å². The molecule has 4 rings (SSSR count). The van der Waals surface area contributed by atoms with Crippen molar-refractivity contribution < 1.29 is 13.5 Å². The Labute approximate surface area is 193 Å². The van der Waals surface area contributed by atoms with E-state index in [0.29, 0.717) is 24.4 Å². The van der Waals surface area contributed by atoms with E-state index < -0.39 is 11.6 Å². The molecule has 0 saturated heterocycles. The molecule has 0 spiro atoms. The highest BCUT2D eigenvalue weighted by Gasteiger charge is 2.26. The van der Waals surface area contributed by atoms with Crippen LogP contribution < -0.4 is 15.8 Å². The number of methoxy groups -OCH3 is 1. The number of aromatic nitrogens is 2. The number of hydrogen-bond acceptors (Lipinski definition) is 5. The third-order valence-corrected chi connectivity index (χ3v) is 6.46. The Morgan fingerprint density at radius 2 is 1.97 bits per heavy atom. The summed E-state index contributed by atoms with van der Waals surface area (Å²) in [4.78, 5) is 8.98. The highest BCUT2D eigenvalue weighted by Crippen LogP contribution is 2.29. The van der Waals surface area contributed by atoms with E-state index >= 15 is 0 Å². The number of halogens is 2. The molecule has 5 nitrogen and oxygen atoms in total. The molecule has 1 atom stereocenters. The topological polar surface area (TPSA) is 73.1 Å². The van der Waals surface area contributed by atoms with Crippen LogP contribution in [0.4, 0.5) is 8.78 Å². The Bertz CT molecular complexity index is 1110. The molecule has 3 aromatic rings. The molecular weight excluding hydrogens is 422 g/mol. The fraction of sp³-hybridized carbons (Fsp3) is 0.385. The monoisotopic (exact) mass is 452 g/mol. The Balaban J connectivity index is 1.27. The van der Waals surface area contributed by atoms with Crippen LogP contribution in [0.25, 0.3) is 17.1 Å². The highest BCUT2D eigenvalue weighted by atomic mass is 19.1. The predicted molar refractivity (Wildman–Crippen MR) is 127 cm³/mol. The first-order chi connectivity index (χ1) is 16.0. The third kappa shape index (κ3) is 5.92. The van der Waals surface area contributed by atoms with Crippen molar-refractivity contribution in [2.24, 2.45) is 11.7 Å². The minimum atomic E-state index is -0.437. The van der Waals surface area contributed by atoms with Gasteiger partial charge < -0.3 is 15.8 Å². The van der Waals surface area contributed by atoms with Gasteiger partial charge in [-0.05, 0) is 73.9 Å². The maximum absolute atomic E-state index is 13.7. The van der Waals surface area contributed by atoms with Crippen molar-refractivity contribution in [3.05, 3.63) is 71.4 Å². The molecule has 0 bridgehead atoms. The van der Waals surface area contributed by atoms with Crippen molar-refractivity contribution in [1.82, 2.24) is 15.3 Å². The number of hydrogen-bond donors (Lipinski definition) is 2. The number of ether oxygens (including phenoxy) is 1. The molecular formula is C26H30F2N4O. The van der Waals surface area contributed by atoms with Gasteiger partial charge in [0, 0.05) is 36.5 Å². The lowest BCUT2D eigenvalue weighted by Crippen LogP contribution is -2.39. The molecule has 2 aromatic heterocycles. The summed E-state index contributed by atoms with van der Waals surface area (Å²) < 4.78 is 32.2. The van der Waals surface area contributed by atoms with Gasteiger partial charge in [-0.25, -0.2) is 13.8 Å².